The molecular formula is C23H27N7O. The maximum absolute atomic E-state index is 11.7. The van der Waals surface area contributed by atoms with Crippen LogP contribution in [-0.4, -0.2) is 21.7 Å². The van der Waals surface area contributed by atoms with Gasteiger partial charge in [-0.3, -0.25) is 4.79 Å². The van der Waals surface area contributed by atoms with E-state index < -0.39 is 5.91 Å². The van der Waals surface area contributed by atoms with Gasteiger partial charge in [0.25, 0.3) is 5.91 Å². The number of carbonyl (C=O) groups is 1. The summed E-state index contributed by atoms with van der Waals surface area (Å²) in [6, 6.07) is 15.7. The summed E-state index contributed by atoms with van der Waals surface area (Å²) in [5.41, 5.74) is 15.4. The van der Waals surface area contributed by atoms with Crippen LogP contribution in [-0.2, 0) is 13.0 Å². The monoisotopic (exact) mass is 417 g/mol. The molecule has 8 heteroatoms. The first kappa shape index (κ1) is 21.8. The van der Waals surface area contributed by atoms with Crippen LogP contribution < -0.4 is 22.6 Å². The highest BCUT2D eigenvalue weighted by atomic mass is 16.1. The van der Waals surface area contributed by atoms with Crippen molar-refractivity contribution in [3.8, 4) is 11.1 Å². The standard InChI is InChI=1S/C23H27N7O/c1-2-3-8-20-27-14-19(22(25)31)23(29-20)28-13-15-9-11-16(12-10-15)17-6-4-5-7-18(17)21(24)30-26/h4-7,9-12,14H,2-3,8,13,26H2,1H3,(H2,24,30)(H2,25,31)(H,27,28,29). The Balaban J connectivity index is 1.78. The maximum Gasteiger partial charge on any atom is 0.254 e. The number of aromatic nitrogens is 2. The second kappa shape index (κ2) is 10.2. The molecule has 1 aromatic heterocycles. The maximum atomic E-state index is 11.7. The number of anilines is 1. The van der Waals surface area contributed by atoms with Crippen molar-refractivity contribution in [1.29, 1.82) is 0 Å². The largest absolute Gasteiger partial charge is 0.382 e. The molecule has 0 spiro atoms. The molecule has 160 valence electrons. The van der Waals surface area contributed by atoms with Crippen molar-refractivity contribution >= 4 is 17.6 Å². The number of hydrogen-bond donors (Lipinski definition) is 4. The number of amides is 1. The number of nitrogens with one attached hydrogen (secondary N) is 1. The van der Waals surface area contributed by atoms with Gasteiger partial charge < -0.3 is 22.6 Å². The van der Waals surface area contributed by atoms with E-state index >= 15 is 0 Å². The predicted octanol–water partition coefficient (Wildman–Crippen LogP) is 2.78. The molecule has 0 saturated carbocycles. The number of nitrogens with zero attached hydrogens (tertiary/aromatic N) is 3. The fourth-order valence-corrected chi connectivity index (χ4v) is 3.20. The molecule has 2 aromatic carbocycles. The van der Waals surface area contributed by atoms with Gasteiger partial charge in [0.1, 0.15) is 11.6 Å². The fraction of sp³-hybridized carbons (Fsp3) is 0.217. The lowest BCUT2D eigenvalue weighted by molar-refractivity contribution is 0.100. The average Bonchev–Trinajstić information content (AvgIpc) is 2.81. The Kier molecular flexibility index (Phi) is 7.16. The molecule has 3 rings (SSSR count). The van der Waals surface area contributed by atoms with Crippen LogP contribution in [0.3, 0.4) is 0 Å². The third-order valence-corrected chi connectivity index (χ3v) is 4.93. The van der Waals surface area contributed by atoms with E-state index in [1.165, 1.54) is 6.20 Å². The van der Waals surface area contributed by atoms with Crippen molar-refractivity contribution in [3.05, 3.63) is 77.2 Å². The molecule has 8 nitrogen and oxygen atoms in total. The predicted molar refractivity (Wildman–Crippen MR) is 123 cm³/mol. The molecule has 0 aliphatic heterocycles. The molecule has 0 saturated heterocycles. The quantitative estimate of drug-likeness (QED) is 0.182. The SMILES string of the molecule is CCCCc1ncc(C(N)=O)c(NCc2ccc(-c3ccccc3/C(N)=N/N)cc2)n1. The van der Waals surface area contributed by atoms with Crippen LogP contribution in [0.5, 0.6) is 0 Å². The molecule has 0 atom stereocenters. The van der Waals surface area contributed by atoms with E-state index in [0.717, 1.165) is 41.5 Å². The van der Waals surface area contributed by atoms with Gasteiger partial charge in [0.2, 0.25) is 0 Å². The van der Waals surface area contributed by atoms with E-state index in [2.05, 4.69) is 27.3 Å². The highest BCUT2D eigenvalue weighted by Crippen LogP contribution is 2.24. The van der Waals surface area contributed by atoms with Crippen LogP contribution in [0.4, 0.5) is 5.82 Å². The van der Waals surface area contributed by atoms with Crippen molar-refractivity contribution in [2.45, 2.75) is 32.7 Å². The van der Waals surface area contributed by atoms with Crippen LogP contribution in [0.2, 0.25) is 0 Å². The second-order valence-corrected chi connectivity index (χ2v) is 7.13. The minimum atomic E-state index is -0.560. The lowest BCUT2D eigenvalue weighted by atomic mass is 9.98. The summed E-state index contributed by atoms with van der Waals surface area (Å²) < 4.78 is 0. The normalized spacial score (nSPS) is 11.3. The molecule has 0 fully saturated rings. The Hall–Kier alpha value is -3.94. The number of hydrogen-bond acceptors (Lipinski definition) is 6. The zero-order valence-electron chi connectivity index (χ0n) is 17.5. The van der Waals surface area contributed by atoms with Crippen molar-refractivity contribution in [3.63, 3.8) is 0 Å². The number of primary amides is 1. The van der Waals surface area contributed by atoms with Gasteiger partial charge in [-0.1, -0.05) is 61.9 Å². The van der Waals surface area contributed by atoms with Gasteiger partial charge in [-0.15, -0.1) is 0 Å². The molecule has 0 radical (unpaired) electrons. The molecule has 1 amide bonds. The van der Waals surface area contributed by atoms with Gasteiger partial charge in [0.15, 0.2) is 5.84 Å². The lowest BCUT2D eigenvalue weighted by Gasteiger charge is -2.12. The molecule has 1 heterocycles. The molecule has 0 bridgehead atoms. The second-order valence-electron chi connectivity index (χ2n) is 7.13. The molecule has 0 aliphatic carbocycles. The van der Waals surface area contributed by atoms with E-state index in [0.29, 0.717) is 18.2 Å². The summed E-state index contributed by atoms with van der Waals surface area (Å²) in [6.07, 6.45) is 4.28. The molecule has 0 unspecified atom stereocenters. The minimum Gasteiger partial charge on any atom is -0.382 e. The molecule has 7 N–H and O–H groups in total. The number of hydrazone groups is 1. The Morgan fingerprint density at radius 2 is 1.81 bits per heavy atom. The number of amidine groups is 1. The van der Waals surface area contributed by atoms with E-state index in [-0.39, 0.29) is 11.4 Å². The minimum absolute atomic E-state index is 0.280. The highest BCUT2D eigenvalue weighted by Gasteiger charge is 2.12. The number of rotatable bonds is 9. The third-order valence-electron chi connectivity index (χ3n) is 4.93. The molecular weight excluding hydrogens is 390 g/mol. The van der Waals surface area contributed by atoms with Crippen molar-refractivity contribution in [1.82, 2.24) is 9.97 Å². The summed E-state index contributed by atoms with van der Waals surface area (Å²) >= 11 is 0. The number of unbranched alkanes of at least 4 members (excludes halogenated alkanes) is 1. The number of nitrogens with two attached hydrogens (primary N) is 3. The van der Waals surface area contributed by atoms with Crippen LogP contribution in [0, 0.1) is 0 Å². The summed E-state index contributed by atoms with van der Waals surface area (Å²) in [6.45, 7) is 2.59. The van der Waals surface area contributed by atoms with Crippen LogP contribution >= 0.6 is 0 Å². The topological polar surface area (TPSA) is 145 Å². The Bertz CT molecular complexity index is 1080. The van der Waals surface area contributed by atoms with Crippen LogP contribution in [0.25, 0.3) is 11.1 Å². The van der Waals surface area contributed by atoms with Gasteiger partial charge in [-0.2, -0.15) is 5.10 Å². The first-order valence-electron chi connectivity index (χ1n) is 10.1. The van der Waals surface area contributed by atoms with Gasteiger partial charge >= 0.3 is 0 Å². The number of aryl methyl sites for hydroxylation is 1. The smallest absolute Gasteiger partial charge is 0.254 e. The van der Waals surface area contributed by atoms with Crippen molar-refractivity contribution in [2.24, 2.45) is 22.4 Å². The summed E-state index contributed by atoms with van der Waals surface area (Å²) in [5, 5.41) is 6.83. The van der Waals surface area contributed by atoms with Crippen molar-refractivity contribution in [2.75, 3.05) is 5.32 Å². The van der Waals surface area contributed by atoms with Gasteiger partial charge in [0, 0.05) is 24.7 Å². The fourth-order valence-electron chi connectivity index (χ4n) is 3.20. The third kappa shape index (κ3) is 5.36. The Morgan fingerprint density at radius 3 is 2.48 bits per heavy atom. The molecule has 0 aliphatic rings. The summed E-state index contributed by atoms with van der Waals surface area (Å²) in [7, 11) is 0. The zero-order chi connectivity index (χ0) is 22.2. The van der Waals surface area contributed by atoms with E-state index in [4.69, 9.17) is 17.3 Å². The van der Waals surface area contributed by atoms with E-state index in [1.54, 1.807) is 0 Å². The first-order valence-corrected chi connectivity index (χ1v) is 10.1. The van der Waals surface area contributed by atoms with E-state index in [1.807, 2.05) is 48.5 Å². The Morgan fingerprint density at radius 1 is 1.06 bits per heavy atom. The Labute approximate surface area is 181 Å². The average molecular weight is 418 g/mol. The van der Waals surface area contributed by atoms with Crippen molar-refractivity contribution < 1.29 is 4.79 Å². The van der Waals surface area contributed by atoms with Gasteiger partial charge in [0.05, 0.1) is 5.56 Å². The molecule has 31 heavy (non-hydrogen) atoms. The lowest BCUT2D eigenvalue weighted by Crippen LogP contribution is -2.17. The van der Waals surface area contributed by atoms with Gasteiger partial charge in [-0.05, 0) is 23.1 Å². The zero-order valence-corrected chi connectivity index (χ0v) is 17.5. The summed E-state index contributed by atoms with van der Waals surface area (Å²) in [5.74, 6) is 6.22. The summed E-state index contributed by atoms with van der Waals surface area (Å²) in [4.78, 5) is 20.5. The van der Waals surface area contributed by atoms with E-state index in [9.17, 15) is 4.79 Å². The van der Waals surface area contributed by atoms with Gasteiger partial charge in [-0.25, -0.2) is 9.97 Å². The van der Waals surface area contributed by atoms with Crippen LogP contribution in [0.15, 0.2) is 59.8 Å². The number of carbonyl (C=O) groups excluding carboxylic acids is 1. The first-order chi connectivity index (χ1) is 15.0. The highest BCUT2D eigenvalue weighted by molar-refractivity contribution is 6.03. The molecule has 3 aromatic rings. The van der Waals surface area contributed by atoms with Crippen LogP contribution in [0.1, 0.15) is 47.1 Å². The number of benzene rings is 2.